The molecule has 0 spiro atoms. The van der Waals surface area contributed by atoms with Gasteiger partial charge in [-0.05, 0) is 192 Å². The Morgan fingerprint density at radius 2 is 0.663 bits per heavy atom. The molecule has 17 rings (SSSR count). The van der Waals surface area contributed by atoms with Crippen LogP contribution in [0, 0.1) is 0 Å². The van der Waals surface area contributed by atoms with Gasteiger partial charge >= 0.3 is 0 Å². The van der Waals surface area contributed by atoms with Crippen LogP contribution in [0.25, 0.3) is 98.4 Å². The van der Waals surface area contributed by atoms with Gasteiger partial charge in [0.25, 0.3) is 0 Å². The second kappa shape index (κ2) is 19.1. The summed E-state index contributed by atoms with van der Waals surface area (Å²) in [6, 6.07) is 84.5. The molecule has 0 amide bonds. The van der Waals surface area contributed by atoms with E-state index in [4.69, 9.17) is 0 Å². The van der Waals surface area contributed by atoms with E-state index in [0.717, 1.165) is 37.1 Å². The van der Waals surface area contributed by atoms with Crippen LogP contribution in [0.15, 0.2) is 218 Å². The third-order valence-electron chi connectivity index (χ3n) is 19.8. The Hall–Kier alpha value is -9.38. The lowest BCUT2D eigenvalue weighted by Gasteiger charge is -2.31. The van der Waals surface area contributed by atoms with Crippen molar-refractivity contribution in [2.75, 3.05) is 9.80 Å². The molecule has 2 aliphatic carbocycles. The minimum absolute atomic E-state index is 0.0205. The fraction of sp³-hybridized carbons (Fsp3) is 0.195. The van der Waals surface area contributed by atoms with Crippen LogP contribution in [-0.4, -0.2) is 8.80 Å². The molecule has 11 aromatic carbocycles. The number of hydrogen-bond donors (Lipinski definition) is 0. The molecule has 0 aliphatic heterocycles. The monoisotopic (exact) mass is 1110 g/mol. The van der Waals surface area contributed by atoms with Crippen LogP contribution < -0.4 is 9.80 Å². The summed E-state index contributed by atoms with van der Waals surface area (Å²) in [5, 5.41) is 10.1. The smallest absolute Gasteiger partial charge is 0.0641 e. The second-order valence-electron chi connectivity index (χ2n) is 27.0. The van der Waals surface area contributed by atoms with E-state index in [1.807, 2.05) is 0 Å². The van der Waals surface area contributed by atoms with Crippen molar-refractivity contribution in [1.29, 1.82) is 0 Å². The van der Waals surface area contributed by atoms with Gasteiger partial charge in [0.1, 0.15) is 0 Å². The summed E-state index contributed by atoms with van der Waals surface area (Å²) in [6.07, 6.45) is 9.35. The van der Waals surface area contributed by atoms with Crippen LogP contribution in [-0.2, 0) is 36.5 Å². The lowest BCUT2D eigenvalue weighted by Crippen LogP contribution is -2.15. The van der Waals surface area contributed by atoms with E-state index in [9.17, 15) is 0 Å². The first-order valence-electron chi connectivity index (χ1n) is 31.5. The fourth-order valence-corrected chi connectivity index (χ4v) is 15.5. The predicted molar refractivity (Wildman–Crippen MR) is 367 cm³/mol. The van der Waals surface area contributed by atoms with E-state index in [2.05, 4.69) is 279 Å². The third-order valence-corrected chi connectivity index (χ3v) is 19.8. The molecule has 4 heterocycles. The van der Waals surface area contributed by atoms with E-state index >= 15 is 0 Å². The second-order valence-corrected chi connectivity index (χ2v) is 27.0. The summed E-state index contributed by atoms with van der Waals surface area (Å²) < 4.78 is 5.21. The average molecular weight is 1110 g/mol. The molecule has 418 valence electrons. The Morgan fingerprint density at radius 3 is 1.05 bits per heavy atom. The number of nitrogens with zero attached hydrogens (tertiary/aromatic N) is 4. The number of hydrogen-bond acceptors (Lipinski definition) is 2. The van der Waals surface area contributed by atoms with Gasteiger partial charge in [0.05, 0.1) is 55.8 Å². The summed E-state index contributed by atoms with van der Waals surface area (Å²) in [4.78, 5) is 5.21. The first-order valence-corrected chi connectivity index (χ1v) is 31.5. The Bertz CT molecular complexity index is 4840. The highest BCUT2D eigenvalue weighted by Crippen LogP contribution is 2.54. The minimum atomic E-state index is 0.0205. The largest absolute Gasteiger partial charge is 0.309 e. The Kier molecular flexibility index (Phi) is 11.3. The Morgan fingerprint density at radius 1 is 0.302 bits per heavy atom. The predicted octanol–water partition coefficient (Wildman–Crippen LogP) is 22.6. The zero-order valence-electron chi connectivity index (χ0n) is 50.2. The average Bonchev–Trinajstić information content (AvgIpc) is 1.53. The summed E-state index contributed by atoms with van der Waals surface area (Å²) in [6.45, 7) is 13.9. The van der Waals surface area contributed by atoms with E-state index in [1.165, 1.54) is 180 Å². The molecule has 0 bridgehead atoms. The van der Waals surface area contributed by atoms with Crippen molar-refractivity contribution in [3.8, 4) is 22.3 Å². The van der Waals surface area contributed by atoms with Crippen molar-refractivity contribution < 1.29 is 0 Å². The SMILES string of the molecule is CC(C)(C)c1ccc(N(c2cc3c(cc2-c2ccccc2)CCCC3)c2ccc3c4cc5c(cc4n4c6ccccc6c2c34)c2ccc(N(c3ccc(C(C)(C)C)cc3)c3cc4c(cc3-c3ccccc3)CCCC4)c3c4ccccc4n5c23)cc1. The van der Waals surface area contributed by atoms with Crippen molar-refractivity contribution in [2.24, 2.45) is 0 Å². The molecule has 15 aromatic rings. The number of rotatable bonds is 8. The molecule has 0 saturated heterocycles. The molecular formula is C82H70N4. The van der Waals surface area contributed by atoms with Gasteiger partial charge in [0.15, 0.2) is 0 Å². The highest BCUT2D eigenvalue weighted by atomic mass is 15.2. The first kappa shape index (κ1) is 51.1. The maximum Gasteiger partial charge on any atom is 0.0641 e. The molecular weight excluding hydrogens is 1040 g/mol. The molecule has 86 heavy (non-hydrogen) atoms. The van der Waals surface area contributed by atoms with Crippen molar-refractivity contribution in [3.63, 3.8) is 0 Å². The summed E-state index contributed by atoms with van der Waals surface area (Å²) in [7, 11) is 0. The van der Waals surface area contributed by atoms with E-state index < -0.39 is 0 Å². The van der Waals surface area contributed by atoms with Crippen molar-refractivity contribution in [3.05, 3.63) is 252 Å². The Balaban J connectivity index is 0.929. The number of benzene rings is 11. The summed E-state index contributed by atoms with van der Waals surface area (Å²) in [5.41, 5.74) is 28.3. The summed E-state index contributed by atoms with van der Waals surface area (Å²) >= 11 is 0. The standard InChI is InChI=1S/C82H70N4/c1-81(2,3)57-33-37-59(38-34-57)83(73-47-55-27-15-13-25-53(55)45-65(73)51-21-9-7-10-22-51)71-43-41-61-67-49-76-68(50-75(67)85-69-31-19-17-29-63(69)77(71)79(61)85)62-42-44-72(78-64-30-18-20-32-70(64)86(76)80(62)78)84(60-39-35-58(36-40-60)82(4,5)6)74-48-56-28-16-14-26-54(56)46-66(74)52-23-11-8-12-24-52/h7-12,17-24,29-50H,13-16,25-28H2,1-6H3. The Labute approximate surface area is 503 Å². The van der Waals surface area contributed by atoms with Crippen molar-refractivity contribution in [2.45, 2.75) is 104 Å². The van der Waals surface area contributed by atoms with Crippen LogP contribution in [0.4, 0.5) is 34.1 Å². The van der Waals surface area contributed by atoms with E-state index in [1.54, 1.807) is 0 Å². The zero-order valence-corrected chi connectivity index (χ0v) is 50.2. The first-order chi connectivity index (χ1) is 41.9. The summed E-state index contributed by atoms with van der Waals surface area (Å²) in [5.74, 6) is 0. The topological polar surface area (TPSA) is 15.3 Å². The lowest BCUT2D eigenvalue weighted by molar-refractivity contribution is 0.590. The molecule has 0 fully saturated rings. The number of aromatic nitrogens is 2. The highest BCUT2D eigenvalue weighted by Gasteiger charge is 2.31. The molecule has 0 N–H and O–H groups in total. The number of anilines is 6. The molecule has 0 unspecified atom stereocenters. The van der Waals surface area contributed by atoms with Gasteiger partial charge in [0, 0.05) is 65.6 Å². The maximum absolute atomic E-state index is 2.61. The van der Waals surface area contributed by atoms with Crippen LogP contribution in [0.5, 0.6) is 0 Å². The van der Waals surface area contributed by atoms with Gasteiger partial charge in [-0.25, -0.2) is 0 Å². The van der Waals surface area contributed by atoms with E-state index in [0.29, 0.717) is 0 Å². The molecule has 0 radical (unpaired) electrons. The van der Waals surface area contributed by atoms with Gasteiger partial charge in [-0.3, -0.25) is 0 Å². The quantitative estimate of drug-likeness (QED) is 0.151. The maximum atomic E-state index is 2.61. The van der Waals surface area contributed by atoms with Crippen LogP contribution >= 0.6 is 0 Å². The van der Waals surface area contributed by atoms with Crippen LogP contribution in [0.3, 0.4) is 0 Å². The normalized spacial score (nSPS) is 14.0. The van der Waals surface area contributed by atoms with Gasteiger partial charge in [-0.15, -0.1) is 0 Å². The molecule has 0 saturated carbocycles. The van der Waals surface area contributed by atoms with Crippen LogP contribution in [0.1, 0.15) is 101 Å². The number of para-hydroxylation sites is 2. The van der Waals surface area contributed by atoms with Crippen molar-refractivity contribution >= 4 is 110 Å². The van der Waals surface area contributed by atoms with Gasteiger partial charge in [0.2, 0.25) is 0 Å². The molecule has 2 aliphatic rings. The molecule has 4 heteroatoms. The molecule has 4 aromatic heterocycles. The van der Waals surface area contributed by atoms with Gasteiger partial charge in [-0.2, -0.15) is 0 Å². The molecule has 4 nitrogen and oxygen atoms in total. The third kappa shape index (κ3) is 7.74. The minimum Gasteiger partial charge on any atom is -0.309 e. The van der Waals surface area contributed by atoms with Crippen LogP contribution in [0.2, 0.25) is 0 Å². The molecule has 0 atom stereocenters. The number of fused-ring (bicyclic) bond motifs is 14. The van der Waals surface area contributed by atoms with Gasteiger partial charge in [-0.1, -0.05) is 175 Å². The zero-order chi connectivity index (χ0) is 57.7. The lowest BCUT2D eigenvalue weighted by atomic mass is 9.86. The highest BCUT2D eigenvalue weighted by molar-refractivity contribution is 6.32. The van der Waals surface area contributed by atoms with Crippen molar-refractivity contribution in [1.82, 2.24) is 8.80 Å². The van der Waals surface area contributed by atoms with Gasteiger partial charge < -0.3 is 18.6 Å². The fourth-order valence-electron chi connectivity index (χ4n) is 15.5. The number of aryl methyl sites for hydroxylation is 4. The van der Waals surface area contributed by atoms with E-state index in [-0.39, 0.29) is 10.8 Å².